The van der Waals surface area contributed by atoms with Gasteiger partial charge in [0.05, 0.1) is 11.5 Å². The molecule has 0 saturated heterocycles. The van der Waals surface area contributed by atoms with Crippen LogP contribution in [-0.2, 0) is 14.3 Å². The maximum absolute atomic E-state index is 10.9. The molecule has 0 aliphatic carbocycles. The van der Waals surface area contributed by atoms with Gasteiger partial charge in [-0.05, 0) is 12.5 Å². The van der Waals surface area contributed by atoms with Crippen LogP contribution in [-0.4, -0.2) is 15.0 Å². The minimum atomic E-state index is -3.29. The molecule has 0 aromatic rings. The van der Waals surface area contributed by atoms with E-state index < -0.39 is 10.1 Å². The van der Waals surface area contributed by atoms with Gasteiger partial charge in [0.2, 0.25) is 0 Å². The Morgan fingerprint density at radius 2 is 2.40 bits per heavy atom. The summed E-state index contributed by atoms with van der Waals surface area (Å²) in [4.78, 5) is 0.440. The van der Waals surface area contributed by atoms with Gasteiger partial charge >= 0.3 is 0 Å². The second kappa shape index (κ2) is 2.72. The predicted molar refractivity (Wildman–Crippen MR) is 37.9 cm³/mol. The molecule has 3 nitrogen and oxygen atoms in total. The van der Waals surface area contributed by atoms with Crippen LogP contribution < -0.4 is 0 Å². The summed E-state index contributed by atoms with van der Waals surface area (Å²) in [7, 11) is -3.29. The number of rotatable bonds is 2. The second-order valence-corrected chi connectivity index (χ2v) is 3.83. The molecule has 4 heteroatoms. The van der Waals surface area contributed by atoms with Gasteiger partial charge < -0.3 is 0 Å². The van der Waals surface area contributed by atoms with Gasteiger partial charge in [-0.2, -0.15) is 8.42 Å². The van der Waals surface area contributed by atoms with Crippen LogP contribution in [0.3, 0.4) is 0 Å². The van der Waals surface area contributed by atoms with E-state index in [1.807, 2.05) is 6.92 Å². The fourth-order valence-electron chi connectivity index (χ4n) is 0.868. The first-order valence-corrected chi connectivity index (χ1v) is 4.66. The Labute approximate surface area is 60.8 Å². The highest BCUT2D eigenvalue weighted by molar-refractivity contribution is 7.90. The monoisotopic (exact) mass is 162 g/mol. The first-order valence-electron chi connectivity index (χ1n) is 3.25. The Hall–Kier alpha value is -0.350. The molecule has 1 aliphatic rings. The van der Waals surface area contributed by atoms with Crippen molar-refractivity contribution in [3.63, 3.8) is 0 Å². The summed E-state index contributed by atoms with van der Waals surface area (Å²) in [5.41, 5.74) is 0. The van der Waals surface area contributed by atoms with Crippen molar-refractivity contribution in [1.82, 2.24) is 0 Å². The van der Waals surface area contributed by atoms with Crippen LogP contribution >= 0.6 is 0 Å². The molecule has 0 amide bonds. The fraction of sp³-hybridized carbons (Fsp3) is 0.667. The smallest absolute Gasteiger partial charge is 0.262 e. The molecule has 0 atom stereocenters. The van der Waals surface area contributed by atoms with Crippen LogP contribution in [0.1, 0.15) is 19.8 Å². The Morgan fingerprint density at radius 1 is 1.70 bits per heavy atom. The predicted octanol–water partition coefficient (Wildman–Crippen LogP) is 1.03. The highest BCUT2D eigenvalue weighted by atomic mass is 32.2. The average molecular weight is 162 g/mol. The molecule has 0 N–H and O–H groups in total. The van der Waals surface area contributed by atoms with Crippen molar-refractivity contribution >= 4 is 10.1 Å². The SMILES string of the molecule is CCCC1=CCOS1(=O)=O. The average Bonchev–Trinajstić information content (AvgIpc) is 2.13. The first-order chi connectivity index (χ1) is 4.67. The van der Waals surface area contributed by atoms with Gasteiger partial charge in [0.25, 0.3) is 10.1 Å². The normalized spacial score (nSPS) is 22.7. The molecule has 1 aliphatic heterocycles. The van der Waals surface area contributed by atoms with Gasteiger partial charge in [0.1, 0.15) is 0 Å². The molecule has 0 aromatic carbocycles. The van der Waals surface area contributed by atoms with Crippen molar-refractivity contribution in [2.75, 3.05) is 6.61 Å². The van der Waals surface area contributed by atoms with E-state index in [1.165, 1.54) is 0 Å². The molecule has 0 radical (unpaired) electrons. The summed E-state index contributed by atoms with van der Waals surface area (Å²) in [6.07, 6.45) is 3.07. The Bertz CT molecular complexity index is 238. The standard InChI is InChI=1S/C6H10O3S/c1-2-3-6-4-5-9-10(6,7)8/h4H,2-3,5H2,1H3. The van der Waals surface area contributed by atoms with E-state index in [9.17, 15) is 8.42 Å². The van der Waals surface area contributed by atoms with Gasteiger partial charge in [-0.1, -0.05) is 13.3 Å². The third-order valence-corrected chi connectivity index (χ3v) is 2.81. The molecule has 0 bridgehead atoms. The number of hydrogen-bond acceptors (Lipinski definition) is 3. The van der Waals surface area contributed by atoms with Crippen molar-refractivity contribution < 1.29 is 12.6 Å². The molecule has 1 rings (SSSR count). The minimum absolute atomic E-state index is 0.220. The molecule has 0 fully saturated rings. The zero-order chi connectivity index (χ0) is 7.61. The van der Waals surface area contributed by atoms with E-state index in [0.29, 0.717) is 11.3 Å². The van der Waals surface area contributed by atoms with Crippen molar-refractivity contribution in [2.45, 2.75) is 19.8 Å². The van der Waals surface area contributed by atoms with E-state index in [4.69, 9.17) is 0 Å². The Balaban J connectivity index is 2.76. The summed E-state index contributed by atoms with van der Waals surface area (Å²) < 4.78 is 26.2. The van der Waals surface area contributed by atoms with Crippen LogP contribution in [0.5, 0.6) is 0 Å². The highest BCUT2D eigenvalue weighted by Crippen LogP contribution is 2.20. The largest absolute Gasteiger partial charge is 0.293 e. The topological polar surface area (TPSA) is 43.4 Å². The molecule has 58 valence electrons. The third-order valence-electron chi connectivity index (χ3n) is 1.35. The van der Waals surface area contributed by atoms with Crippen LogP contribution in [0, 0.1) is 0 Å². The van der Waals surface area contributed by atoms with Gasteiger partial charge in [0, 0.05) is 0 Å². The second-order valence-electron chi connectivity index (χ2n) is 2.16. The number of allylic oxidation sites excluding steroid dienone is 1. The van der Waals surface area contributed by atoms with Gasteiger partial charge in [-0.25, -0.2) is 0 Å². The molecule has 1 heterocycles. The van der Waals surface area contributed by atoms with E-state index in [-0.39, 0.29) is 6.61 Å². The molecular weight excluding hydrogens is 152 g/mol. The van der Waals surface area contributed by atoms with Crippen molar-refractivity contribution in [3.05, 3.63) is 11.0 Å². The van der Waals surface area contributed by atoms with Crippen molar-refractivity contribution in [2.24, 2.45) is 0 Å². The van der Waals surface area contributed by atoms with E-state index in [1.54, 1.807) is 6.08 Å². The van der Waals surface area contributed by atoms with Crippen LogP contribution in [0.15, 0.2) is 11.0 Å². The van der Waals surface area contributed by atoms with Gasteiger partial charge in [-0.15, -0.1) is 0 Å². The summed E-state index contributed by atoms with van der Waals surface area (Å²) in [5.74, 6) is 0. The summed E-state index contributed by atoms with van der Waals surface area (Å²) in [6, 6.07) is 0. The summed E-state index contributed by atoms with van der Waals surface area (Å²) in [5, 5.41) is 0. The van der Waals surface area contributed by atoms with E-state index in [0.717, 1.165) is 6.42 Å². The van der Waals surface area contributed by atoms with Crippen molar-refractivity contribution in [1.29, 1.82) is 0 Å². The summed E-state index contributed by atoms with van der Waals surface area (Å²) in [6.45, 7) is 2.16. The first kappa shape index (κ1) is 7.75. The maximum atomic E-state index is 10.9. The van der Waals surface area contributed by atoms with E-state index in [2.05, 4.69) is 4.18 Å². The Morgan fingerprint density at radius 3 is 2.80 bits per heavy atom. The van der Waals surface area contributed by atoms with Crippen LogP contribution in [0.4, 0.5) is 0 Å². The highest BCUT2D eigenvalue weighted by Gasteiger charge is 2.22. The zero-order valence-corrected chi connectivity index (χ0v) is 6.65. The minimum Gasteiger partial charge on any atom is -0.262 e. The molecule has 10 heavy (non-hydrogen) atoms. The lowest BCUT2D eigenvalue weighted by Crippen LogP contribution is -2.00. The molecule has 0 aromatic heterocycles. The molecule has 0 saturated carbocycles. The van der Waals surface area contributed by atoms with Gasteiger partial charge in [0.15, 0.2) is 0 Å². The Kier molecular flexibility index (Phi) is 2.11. The molecule has 0 spiro atoms. The number of hydrogen-bond donors (Lipinski definition) is 0. The summed E-state index contributed by atoms with van der Waals surface area (Å²) >= 11 is 0. The lowest BCUT2D eigenvalue weighted by atomic mass is 10.3. The lowest BCUT2D eigenvalue weighted by molar-refractivity contribution is 0.374. The molecule has 0 unspecified atom stereocenters. The third kappa shape index (κ3) is 1.38. The fourth-order valence-corrected chi connectivity index (χ4v) is 1.99. The van der Waals surface area contributed by atoms with E-state index >= 15 is 0 Å². The molecular formula is C6H10O3S. The van der Waals surface area contributed by atoms with Gasteiger partial charge in [-0.3, -0.25) is 4.18 Å². The maximum Gasteiger partial charge on any atom is 0.293 e. The lowest BCUT2D eigenvalue weighted by Gasteiger charge is -1.96. The van der Waals surface area contributed by atoms with Crippen LogP contribution in [0.2, 0.25) is 0 Å². The van der Waals surface area contributed by atoms with Crippen LogP contribution in [0.25, 0.3) is 0 Å². The zero-order valence-electron chi connectivity index (χ0n) is 5.83. The quantitative estimate of drug-likeness (QED) is 0.569. The van der Waals surface area contributed by atoms with Crippen molar-refractivity contribution in [3.8, 4) is 0 Å².